The number of benzene rings is 2. The van der Waals surface area contributed by atoms with Crippen molar-refractivity contribution in [2.45, 2.75) is 18.2 Å². The van der Waals surface area contributed by atoms with Gasteiger partial charge < -0.3 is 5.32 Å². The average Bonchev–Trinajstić information content (AvgIpc) is 2.41. The van der Waals surface area contributed by atoms with Gasteiger partial charge >= 0.3 is 0 Å². The molecule has 0 heterocycles. The number of carbonyl (C=O) groups excluding carboxylic acids is 1. The summed E-state index contributed by atoms with van der Waals surface area (Å²) < 4.78 is 13.0. The minimum absolute atomic E-state index is 0.143. The van der Waals surface area contributed by atoms with Crippen LogP contribution in [0.1, 0.15) is 21.5 Å². The van der Waals surface area contributed by atoms with Gasteiger partial charge in [0, 0.05) is 11.4 Å². The lowest BCUT2D eigenvalue weighted by molar-refractivity contribution is 0.0951. The molecule has 2 aromatic carbocycles. The van der Waals surface area contributed by atoms with Crippen molar-refractivity contribution in [3.05, 3.63) is 65.0 Å². The van der Waals surface area contributed by atoms with Crippen molar-refractivity contribution >= 4 is 18.5 Å². The largest absolute Gasteiger partial charge is 0.352 e. The molecule has 4 heteroatoms. The third-order valence-corrected chi connectivity index (χ3v) is 3.52. The molecule has 0 saturated heterocycles. The topological polar surface area (TPSA) is 29.1 Å². The fourth-order valence-corrected chi connectivity index (χ4v) is 2.27. The van der Waals surface area contributed by atoms with Gasteiger partial charge in [-0.25, -0.2) is 4.39 Å². The molecule has 2 aromatic rings. The smallest absolute Gasteiger partial charge is 0.252 e. The molecule has 0 bridgehead atoms. The Kier molecular flexibility index (Phi) is 4.79. The Balaban J connectivity index is 1.93. The third-order valence-electron chi connectivity index (χ3n) is 3.13. The predicted octanol–water partition coefficient (Wildman–Crippen LogP) is 3.40. The molecule has 2 rings (SSSR count). The standard InChI is InChI=1S/C16H16FNOS/c1-11-10-13(17)7-6-12(11)8-9-18-16(19)14-4-2-3-5-15(14)20/h2-7,10,20H,8-9H2,1H3,(H,18,19). The Morgan fingerprint density at radius 1 is 1.25 bits per heavy atom. The van der Waals surface area contributed by atoms with Crippen LogP contribution in [0.15, 0.2) is 47.4 Å². The second-order valence-electron chi connectivity index (χ2n) is 4.59. The molecule has 0 radical (unpaired) electrons. The number of aryl methyl sites for hydroxylation is 1. The first kappa shape index (κ1) is 14.6. The molecule has 0 atom stereocenters. The molecular weight excluding hydrogens is 273 g/mol. The highest BCUT2D eigenvalue weighted by Gasteiger charge is 2.08. The maximum absolute atomic E-state index is 13.0. The van der Waals surface area contributed by atoms with Gasteiger partial charge in [0.05, 0.1) is 5.56 Å². The zero-order valence-corrected chi connectivity index (χ0v) is 12.1. The highest BCUT2D eigenvalue weighted by Crippen LogP contribution is 2.13. The maximum Gasteiger partial charge on any atom is 0.252 e. The van der Waals surface area contributed by atoms with Crippen molar-refractivity contribution < 1.29 is 9.18 Å². The Labute approximate surface area is 123 Å². The SMILES string of the molecule is Cc1cc(F)ccc1CCNC(=O)c1ccccc1S. The van der Waals surface area contributed by atoms with E-state index in [1.54, 1.807) is 24.3 Å². The van der Waals surface area contributed by atoms with Crippen LogP contribution in [0.5, 0.6) is 0 Å². The first-order valence-electron chi connectivity index (χ1n) is 6.39. The van der Waals surface area contributed by atoms with Crippen LogP contribution < -0.4 is 5.32 Å². The lowest BCUT2D eigenvalue weighted by Gasteiger charge is -2.09. The fourth-order valence-electron chi connectivity index (χ4n) is 2.01. The third kappa shape index (κ3) is 3.61. The first-order chi connectivity index (χ1) is 9.58. The highest BCUT2D eigenvalue weighted by atomic mass is 32.1. The van der Waals surface area contributed by atoms with Gasteiger partial charge in [-0.3, -0.25) is 4.79 Å². The molecular formula is C16H16FNOS. The molecule has 0 aromatic heterocycles. The average molecular weight is 289 g/mol. The van der Waals surface area contributed by atoms with Crippen molar-refractivity contribution in [3.8, 4) is 0 Å². The number of rotatable bonds is 4. The number of hydrogen-bond acceptors (Lipinski definition) is 2. The van der Waals surface area contributed by atoms with E-state index >= 15 is 0 Å². The zero-order valence-electron chi connectivity index (χ0n) is 11.2. The van der Waals surface area contributed by atoms with Crippen molar-refractivity contribution in [3.63, 3.8) is 0 Å². The van der Waals surface area contributed by atoms with Gasteiger partial charge in [0.25, 0.3) is 5.91 Å². The summed E-state index contributed by atoms with van der Waals surface area (Å²) in [6.45, 7) is 2.37. The monoisotopic (exact) mass is 289 g/mol. The summed E-state index contributed by atoms with van der Waals surface area (Å²) in [6.07, 6.45) is 0.673. The predicted molar refractivity (Wildman–Crippen MR) is 80.9 cm³/mol. The Hall–Kier alpha value is -1.81. The van der Waals surface area contributed by atoms with Crippen molar-refractivity contribution in [2.24, 2.45) is 0 Å². The van der Waals surface area contributed by atoms with E-state index in [4.69, 9.17) is 0 Å². The molecule has 0 saturated carbocycles. The number of hydrogen-bond donors (Lipinski definition) is 2. The van der Waals surface area contributed by atoms with E-state index in [2.05, 4.69) is 17.9 Å². The zero-order chi connectivity index (χ0) is 14.5. The summed E-state index contributed by atoms with van der Waals surface area (Å²) >= 11 is 4.25. The van der Waals surface area contributed by atoms with Crippen LogP contribution in [0, 0.1) is 12.7 Å². The van der Waals surface area contributed by atoms with Gasteiger partial charge in [-0.15, -0.1) is 12.6 Å². The summed E-state index contributed by atoms with van der Waals surface area (Å²) in [6, 6.07) is 11.8. The van der Waals surface area contributed by atoms with E-state index in [9.17, 15) is 9.18 Å². The van der Waals surface area contributed by atoms with Gasteiger partial charge in [0.15, 0.2) is 0 Å². The lowest BCUT2D eigenvalue weighted by Crippen LogP contribution is -2.26. The molecule has 0 aliphatic rings. The molecule has 0 aliphatic heterocycles. The Bertz CT molecular complexity index is 628. The van der Waals surface area contributed by atoms with Crippen LogP contribution >= 0.6 is 12.6 Å². The molecule has 104 valence electrons. The lowest BCUT2D eigenvalue weighted by atomic mass is 10.1. The molecule has 1 amide bonds. The van der Waals surface area contributed by atoms with E-state index in [0.29, 0.717) is 23.4 Å². The van der Waals surface area contributed by atoms with Gasteiger partial charge in [-0.2, -0.15) is 0 Å². The van der Waals surface area contributed by atoms with Gasteiger partial charge in [0.2, 0.25) is 0 Å². The Morgan fingerprint density at radius 3 is 2.70 bits per heavy atom. The van der Waals surface area contributed by atoms with Crippen LogP contribution in [0.25, 0.3) is 0 Å². The minimum Gasteiger partial charge on any atom is -0.352 e. The summed E-state index contributed by atoms with van der Waals surface area (Å²) in [5, 5.41) is 2.85. The quantitative estimate of drug-likeness (QED) is 0.830. The molecule has 0 unspecified atom stereocenters. The number of thiol groups is 1. The summed E-state index contributed by atoms with van der Waals surface area (Å²) in [4.78, 5) is 12.6. The Morgan fingerprint density at radius 2 is 2.00 bits per heavy atom. The van der Waals surface area contributed by atoms with E-state index in [1.165, 1.54) is 12.1 Å². The van der Waals surface area contributed by atoms with Crippen LogP contribution in [0.2, 0.25) is 0 Å². The van der Waals surface area contributed by atoms with Gasteiger partial charge in [-0.1, -0.05) is 18.2 Å². The molecule has 1 N–H and O–H groups in total. The normalized spacial score (nSPS) is 10.3. The fraction of sp³-hybridized carbons (Fsp3) is 0.188. The van der Waals surface area contributed by atoms with Crippen LogP contribution in [0.4, 0.5) is 4.39 Å². The summed E-state index contributed by atoms with van der Waals surface area (Å²) in [5.74, 6) is -0.380. The van der Waals surface area contributed by atoms with E-state index < -0.39 is 0 Å². The van der Waals surface area contributed by atoms with E-state index in [0.717, 1.165) is 11.1 Å². The number of nitrogens with one attached hydrogen (secondary N) is 1. The molecule has 0 aliphatic carbocycles. The molecule has 0 fully saturated rings. The van der Waals surface area contributed by atoms with Crippen LogP contribution in [0.3, 0.4) is 0 Å². The highest BCUT2D eigenvalue weighted by molar-refractivity contribution is 7.80. The number of carbonyl (C=O) groups is 1. The first-order valence-corrected chi connectivity index (χ1v) is 6.84. The summed E-state index contributed by atoms with van der Waals surface area (Å²) in [5.41, 5.74) is 2.49. The molecule has 2 nitrogen and oxygen atoms in total. The maximum atomic E-state index is 13.0. The van der Waals surface area contributed by atoms with Crippen LogP contribution in [-0.2, 0) is 6.42 Å². The van der Waals surface area contributed by atoms with Crippen molar-refractivity contribution in [1.82, 2.24) is 5.32 Å². The molecule has 20 heavy (non-hydrogen) atoms. The van der Waals surface area contributed by atoms with E-state index in [-0.39, 0.29) is 11.7 Å². The summed E-state index contributed by atoms with van der Waals surface area (Å²) in [7, 11) is 0. The van der Waals surface area contributed by atoms with Crippen molar-refractivity contribution in [1.29, 1.82) is 0 Å². The second kappa shape index (κ2) is 6.57. The van der Waals surface area contributed by atoms with Crippen LogP contribution in [-0.4, -0.2) is 12.5 Å². The van der Waals surface area contributed by atoms with E-state index in [1.807, 2.05) is 13.0 Å². The number of amides is 1. The minimum atomic E-state index is -0.237. The second-order valence-corrected chi connectivity index (χ2v) is 5.08. The van der Waals surface area contributed by atoms with Gasteiger partial charge in [-0.05, 0) is 48.7 Å². The molecule has 0 spiro atoms. The van der Waals surface area contributed by atoms with Crippen molar-refractivity contribution in [2.75, 3.05) is 6.54 Å². The van der Waals surface area contributed by atoms with Gasteiger partial charge in [0.1, 0.15) is 5.82 Å². The number of halogens is 1.